The lowest BCUT2D eigenvalue weighted by Gasteiger charge is -2.37. The molecule has 86 valence electrons. The number of methoxy groups -OCH3 is 1. The molecule has 1 aliphatic rings. The summed E-state index contributed by atoms with van der Waals surface area (Å²) in [5.41, 5.74) is 0. The lowest BCUT2D eigenvalue weighted by molar-refractivity contribution is -0.210. The highest BCUT2D eigenvalue weighted by molar-refractivity contribution is 7.50. The maximum Gasteiger partial charge on any atom is 0.132 e. The molecule has 2 radical (unpaired) electrons. The minimum atomic E-state index is -3.74. The van der Waals surface area contributed by atoms with Crippen LogP contribution in [0.1, 0.15) is 12.8 Å². The summed E-state index contributed by atoms with van der Waals surface area (Å²) in [5, 5.41) is 0. The van der Waals surface area contributed by atoms with Crippen LogP contribution < -0.4 is 4.89 Å². The maximum absolute atomic E-state index is 11.0. The van der Waals surface area contributed by atoms with Gasteiger partial charge in [0.25, 0.3) is 0 Å². The van der Waals surface area contributed by atoms with Gasteiger partial charge in [-0.1, -0.05) is 0 Å². The van der Waals surface area contributed by atoms with Gasteiger partial charge in [0, 0.05) is 19.8 Å². The molecule has 0 amide bonds. The highest BCUT2D eigenvalue weighted by atomic mass is 31.2. The van der Waals surface area contributed by atoms with Crippen LogP contribution in [0.4, 0.5) is 0 Å². The molecule has 0 N–H and O–H groups in total. The van der Waals surface area contributed by atoms with Crippen LogP contribution in [0.25, 0.3) is 0 Å². The van der Waals surface area contributed by atoms with E-state index in [0.29, 0.717) is 12.8 Å². The summed E-state index contributed by atoms with van der Waals surface area (Å²) in [6.45, 7) is 1.32. The van der Waals surface area contributed by atoms with Crippen LogP contribution in [-0.2, 0) is 18.6 Å². The van der Waals surface area contributed by atoms with Crippen molar-refractivity contribution in [2.45, 2.75) is 31.1 Å². The SMILES string of the molecule is [B]C1CC[C@@H](OP(C)(=O)[O-])[C@@H](COC)O1. The molecule has 5 nitrogen and oxygen atoms in total. The predicted molar refractivity (Wildman–Crippen MR) is 53.9 cm³/mol. The second-order valence-electron chi connectivity index (χ2n) is 3.66. The normalized spacial score (nSPS) is 36.1. The molecule has 0 bridgehead atoms. The molecule has 0 spiro atoms. The second-order valence-corrected chi connectivity index (χ2v) is 5.41. The highest BCUT2D eigenvalue weighted by Crippen LogP contribution is 2.37. The topological polar surface area (TPSA) is 67.8 Å². The molecule has 0 aromatic rings. The van der Waals surface area contributed by atoms with E-state index in [1.807, 2.05) is 0 Å². The Morgan fingerprint density at radius 1 is 1.60 bits per heavy atom. The minimum absolute atomic E-state index is 0.276. The third-order valence-electron chi connectivity index (χ3n) is 2.16. The van der Waals surface area contributed by atoms with Crippen LogP contribution in [0.15, 0.2) is 0 Å². The minimum Gasteiger partial charge on any atom is -0.779 e. The summed E-state index contributed by atoms with van der Waals surface area (Å²) in [6, 6.07) is -0.368. The molecule has 2 unspecified atom stereocenters. The van der Waals surface area contributed by atoms with Crippen LogP contribution in [0, 0.1) is 0 Å². The van der Waals surface area contributed by atoms with Crippen molar-refractivity contribution in [2.75, 3.05) is 20.4 Å². The Bertz CT molecular complexity index is 243. The summed E-state index contributed by atoms with van der Waals surface area (Å²) in [6.07, 6.45) is 0.249. The number of hydrogen-bond acceptors (Lipinski definition) is 5. The van der Waals surface area contributed by atoms with Crippen molar-refractivity contribution in [3.8, 4) is 0 Å². The molecule has 0 aromatic heterocycles. The number of ether oxygens (including phenoxy) is 2. The molecule has 7 heteroatoms. The molecule has 1 fully saturated rings. The molecule has 0 aromatic carbocycles. The van der Waals surface area contributed by atoms with E-state index in [-0.39, 0.29) is 12.6 Å². The first kappa shape index (κ1) is 13.2. The van der Waals surface area contributed by atoms with Gasteiger partial charge in [-0.05, 0) is 12.8 Å². The van der Waals surface area contributed by atoms with Crippen LogP contribution in [-0.4, -0.2) is 46.4 Å². The molecule has 1 aliphatic heterocycles. The van der Waals surface area contributed by atoms with Gasteiger partial charge in [-0.3, -0.25) is 0 Å². The van der Waals surface area contributed by atoms with E-state index in [9.17, 15) is 9.46 Å². The van der Waals surface area contributed by atoms with Gasteiger partial charge in [0.1, 0.15) is 21.5 Å². The fourth-order valence-corrected chi connectivity index (χ4v) is 2.31. The standard InChI is InChI=1S/C8H16BO5P/c1-12-5-7-6(14-15(2,10)11)3-4-8(9)13-7/h6-8H,3-5H2,1-2H3,(H,10,11)/p-1/t6-,7-,8?/m1/s1. The molecule has 1 saturated heterocycles. The van der Waals surface area contributed by atoms with Crippen LogP contribution in [0.5, 0.6) is 0 Å². The molecule has 0 aliphatic carbocycles. The molecule has 4 atom stereocenters. The van der Waals surface area contributed by atoms with E-state index in [1.165, 1.54) is 7.11 Å². The summed E-state index contributed by atoms with van der Waals surface area (Å²) < 4.78 is 26.2. The van der Waals surface area contributed by atoms with Gasteiger partial charge < -0.3 is 23.5 Å². The predicted octanol–water partition coefficient (Wildman–Crippen LogP) is -0.125. The molecular weight excluding hydrogens is 218 g/mol. The van der Waals surface area contributed by atoms with Gasteiger partial charge in [0.15, 0.2) is 0 Å². The van der Waals surface area contributed by atoms with E-state index >= 15 is 0 Å². The highest BCUT2D eigenvalue weighted by Gasteiger charge is 2.31. The summed E-state index contributed by atoms with van der Waals surface area (Å²) >= 11 is 0. The quantitative estimate of drug-likeness (QED) is 0.500. The van der Waals surface area contributed by atoms with Gasteiger partial charge >= 0.3 is 0 Å². The first-order chi connectivity index (χ1) is 6.92. The Hall–Kier alpha value is 0.135. The Labute approximate surface area is 91.0 Å². The van der Waals surface area contributed by atoms with Crippen LogP contribution in [0.2, 0.25) is 0 Å². The van der Waals surface area contributed by atoms with E-state index in [4.69, 9.17) is 21.8 Å². The monoisotopic (exact) mass is 233 g/mol. The van der Waals surface area contributed by atoms with Gasteiger partial charge in [-0.25, -0.2) is 0 Å². The fraction of sp³-hybridized carbons (Fsp3) is 1.00. The average Bonchev–Trinajstić information content (AvgIpc) is 2.08. The Morgan fingerprint density at radius 2 is 2.27 bits per heavy atom. The van der Waals surface area contributed by atoms with E-state index in [1.54, 1.807) is 0 Å². The Kier molecular flexibility index (Phi) is 4.80. The van der Waals surface area contributed by atoms with E-state index in [2.05, 4.69) is 0 Å². The number of rotatable bonds is 4. The molecule has 0 saturated carbocycles. The summed E-state index contributed by atoms with van der Waals surface area (Å²) in [5.74, 6) is 0. The molecule has 1 rings (SSSR count). The first-order valence-electron chi connectivity index (χ1n) is 4.79. The largest absolute Gasteiger partial charge is 0.779 e. The van der Waals surface area contributed by atoms with Crippen molar-refractivity contribution in [3.63, 3.8) is 0 Å². The summed E-state index contributed by atoms with van der Waals surface area (Å²) in [7, 11) is 3.38. The molecule has 15 heavy (non-hydrogen) atoms. The molecule has 1 heterocycles. The zero-order valence-corrected chi connectivity index (χ0v) is 9.81. The Morgan fingerprint density at radius 3 is 2.80 bits per heavy atom. The maximum atomic E-state index is 11.0. The number of hydrogen-bond donors (Lipinski definition) is 0. The summed E-state index contributed by atoms with van der Waals surface area (Å²) in [4.78, 5) is 11.0. The van der Waals surface area contributed by atoms with E-state index < -0.39 is 19.8 Å². The van der Waals surface area contributed by atoms with Crippen molar-refractivity contribution in [3.05, 3.63) is 0 Å². The van der Waals surface area contributed by atoms with Crippen molar-refractivity contribution in [1.29, 1.82) is 0 Å². The van der Waals surface area contributed by atoms with Gasteiger partial charge in [0.2, 0.25) is 0 Å². The van der Waals surface area contributed by atoms with Crippen LogP contribution >= 0.6 is 7.60 Å². The third-order valence-corrected chi connectivity index (χ3v) is 2.81. The smallest absolute Gasteiger partial charge is 0.132 e. The Balaban J connectivity index is 2.56. The van der Waals surface area contributed by atoms with Crippen LogP contribution in [0.3, 0.4) is 0 Å². The van der Waals surface area contributed by atoms with Crippen molar-refractivity contribution in [1.82, 2.24) is 0 Å². The van der Waals surface area contributed by atoms with Gasteiger partial charge in [-0.15, -0.1) is 0 Å². The molecular formula is C8H15BO5P-. The third kappa shape index (κ3) is 4.66. The lowest BCUT2D eigenvalue weighted by Crippen LogP contribution is -2.43. The first-order valence-corrected chi connectivity index (χ1v) is 6.78. The van der Waals surface area contributed by atoms with E-state index in [0.717, 1.165) is 6.66 Å². The average molecular weight is 233 g/mol. The van der Waals surface area contributed by atoms with Crippen molar-refractivity contribution < 1.29 is 23.5 Å². The van der Waals surface area contributed by atoms with Crippen molar-refractivity contribution in [2.24, 2.45) is 0 Å². The zero-order valence-electron chi connectivity index (χ0n) is 8.92. The fourth-order valence-electron chi connectivity index (χ4n) is 1.57. The van der Waals surface area contributed by atoms with Gasteiger partial charge in [-0.2, -0.15) is 0 Å². The van der Waals surface area contributed by atoms with Gasteiger partial charge in [0.05, 0.1) is 12.7 Å². The lowest BCUT2D eigenvalue weighted by atomic mass is 9.89. The zero-order chi connectivity index (χ0) is 11.5. The second kappa shape index (κ2) is 5.46. The van der Waals surface area contributed by atoms with Crippen molar-refractivity contribution >= 4 is 15.4 Å².